The summed E-state index contributed by atoms with van der Waals surface area (Å²) in [7, 11) is 0. The summed E-state index contributed by atoms with van der Waals surface area (Å²) < 4.78 is 50.5. The van der Waals surface area contributed by atoms with Gasteiger partial charge in [0.25, 0.3) is 5.56 Å². The maximum absolute atomic E-state index is 15.5. The van der Waals surface area contributed by atoms with E-state index in [0.717, 1.165) is 67.6 Å². The van der Waals surface area contributed by atoms with Crippen LogP contribution in [0.25, 0.3) is 5.69 Å². The highest BCUT2D eigenvalue weighted by Gasteiger charge is 2.27. The molecule has 1 saturated carbocycles. The highest BCUT2D eigenvalue weighted by molar-refractivity contribution is 6.11. The second kappa shape index (κ2) is 13.1. The number of nitrogens with two attached hydrogens (primary N) is 1. The van der Waals surface area contributed by atoms with Crippen LogP contribution in [0.1, 0.15) is 52.7 Å². The van der Waals surface area contributed by atoms with Crippen molar-refractivity contribution < 1.29 is 27.5 Å². The van der Waals surface area contributed by atoms with Crippen LogP contribution in [0, 0.1) is 17.5 Å². The van der Waals surface area contributed by atoms with Crippen LogP contribution >= 0.6 is 0 Å². The smallest absolute Gasteiger partial charge is 0.323 e. The predicted molar refractivity (Wildman–Crippen MR) is 155 cm³/mol. The zero-order valence-electron chi connectivity index (χ0n) is 23.2. The van der Waals surface area contributed by atoms with Crippen LogP contribution in [-0.2, 0) is 22.5 Å². The van der Waals surface area contributed by atoms with Crippen molar-refractivity contribution in [3.8, 4) is 5.69 Å². The summed E-state index contributed by atoms with van der Waals surface area (Å²) in [6.07, 6.45) is 3.78. The lowest BCUT2D eigenvalue weighted by Crippen LogP contribution is -2.40. The molecule has 222 valence electrons. The normalized spacial score (nSPS) is 14.0. The number of esters is 1. The highest BCUT2D eigenvalue weighted by Crippen LogP contribution is 2.25. The van der Waals surface area contributed by atoms with Gasteiger partial charge >= 0.3 is 5.97 Å². The lowest BCUT2D eigenvalue weighted by molar-refractivity contribution is -0.151. The van der Waals surface area contributed by atoms with Crippen molar-refractivity contribution in [2.45, 2.75) is 50.8 Å². The molecule has 0 unspecified atom stereocenters. The van der Waals surface area contributed by atoms with Gasteiger partial charge in [-0.3, -0.25) is 19.0 Å². The fourth-order valence-electron chi connectivity index (χ4n) is 5.25. The number of halogens is 3. The number of rotatable bonds is 10. The molecule has 10 heteroatoms. The van der Waals surface area contributed by atoms with E-state index in [2.05, 4.69) is 5.32 Å². The molecule has 0 amide bonds. The Morgan fingerprint density at radius 2 is 1.56 bits per heavy atom. The number of anilines is 1. The number of nitrogen functional groups attached to an aromatic ring is 1. The Labute approximate surface area is 246 Å². The largest absolute Gasteiger partial charge is 0.461 e. The predicted octanol–water partition coefficient (Wildman–Crippen LogP) is 5.25. The Bertz CT molecular complexity index is 1660. The Hall–Kier alpha value is -4.70. The summed E-state index contributed by atoms with van der Waals surface area (Å²) in [4.78, 5) is 38.8. The first-order valence-corrected chi connectivity index (χ1v) is 14.0. The van der Waals surface area contributed by atoms with Crippen molar-refractivity contribution in [1.29, 1.82) is 0 Å². The van der Waals surface area contributed by atoms with Crippen molar-refractivity contribution in [3.05, 3.63) is 129 Å². The molecule has 1 aliphatic rings. The van der Waals surface area contributed by atoms with E-state index in [9.17, 15) is 18.8 Å². The molecule has 7 nitrogen and oxygen atoms in total. The molecule has 1 aliphatic carbocycles. The summed E-state index contributed by atoms with van der Waals surface area (Å²) >= 11 is 0. The Balaban J connectivity index is 1.39. The number of aromatic nitrogens is 1. The standard InChI is InChI=1S/C33H30F3N3O4/c34-23-12-10-22(11-13-23)31(41)25-14-15-29(40)39(32(25)37)30-26(35)16-21(17-27(30)36)19-38-28(18-20-6-2-1-3-7-20)33(42)43-24-8-4-5-9-24/h1-3,6-7,10-17,24,28,38H,4-5,8-9,18-19,37H2/t28-/m0/s1. The molecule has 1 fully saturated rings. The van der Waals surface area contributed by atoms with Crippen LogP contribution in [0.3, 0.4) is 0 Å². The highest BCUT2D eigenvalue weighted by atomic mass is 19.1. The molecule has 0 radical (unpaired) electrons. The molecule has 1 atom stereocenters. The molecular weight excluding hydrogens is 559 g/mol. The molecule has 0 spiro atoms. The number of ether oxygens (including phenoxy) is 1. The number of hydrogen-bond acceptors (Lipinski definition) is 6. The first-order chi connectivity index (χ1) is 20.7. The number of nitrogens with zero attached hydrogens (tertiary/aromatic N) is 1. The van der Waals surface area contributed by atoms with Gasteiger partial charge in [0.2, 0.25) is 0 Å². The van der Waals surface area contributed by atoms with Crippen LogP contribution in [0.2, 0.25) is 0 Å². The van der Waals surface area contributed by atoms with Gasteiger partial charge in [-0.15, -0.1) is 0 Å². The van der Waals surface area contributed by atoms with E-state index in [1.54, 1.807) is 0 Å². The molecule has 0 saturated heterocycles. The second-order valence-corrected chi connectivity index (χ2v) is 10.5. The fourth-order valence-corrected chi connectivity index (χ4v) is 5.25. The lowest BCUT2D eigenvalue weighted by Gasteiger charge is -2.21. The number of pyridine rings is 1. The molecule has 3 N–H and O–H groups in total. The topological polar surface area (TPSA) is 103 Å². The lowest BCUT2D eigenvalue weighted by atomic mass is 10.0. The van der Waals surface area contributed by atoms with Crippen LogP contribution in [0.15, 0.2) is 83.7 Å². The molecule has 4 aromatic rings. The van der Waals surface area contributed by atoms with Crippen LogP contribution in [0.4, 0.5) is 19.0 Å². The Kier molecular flexibility index (Phi) is 9.06. The average molecular weight is 590 g/mol. The van der Waals surface area contributed by atoms with Crippen molar-refractivity contribution in [2.75, 3.05) is 5.73 Å². The van der Waals surface area contributed by atoms with Gasteiger partial charge in [-0.1, -0.05) is 30.3 Å². The average Bonchev–Trinajstić information content (AvgIpc) is 3.50. The van der Waals surface area contributed by atoms with Gasteiger partial charge in [-0.05, 0) is 85.7 Å². The summed E-state index contributed by atoms with van der Waals surface area (Å²) in [5, 5.41) is 3.07. The van der Waals surface area contributed by atoms with Crippen LogP contribution in [-0.4, -0.2) is 28.5 Å². The van der Waals surface area contributed by atoms with E-state index >= 15 is 8.78 Å². The van der Waals surface area contributed by atoms with E-state index in [0.29, 0.717) is 11.0 Å². The zero-order valence-corrected chi connectivity index (χ0v) is 23.2. The molecule has 43 heavy (non-hydrogen) atoms. The molecule has 1 heterocycles. The van der Waals surface area contributed by atoms with Gasteiger partial charge in [-0.25, -0.2) is 13.2 Å². The van der Waals surface area contributed by atoms with Gasteiger partial charge in [0.05, 0.1) is 5.56 Å². The van der Waals surface area contributed by atoms with Crippen LogP contribution in [0.5, 0.6) is 0 Å². The Morgan fingerprint density at radius 1 is 0.907 bits per heavy atom. The van der Waals surface area contributed by atoms with E-state index in [1.165, 1.54) is 12.1 Å². The third kappa shape index (κ3) is 6.86. The van der Waals surface area contributed by atoms with Crippen molar-refractivity contribution >= 4 is 17.6 Å². The third-order valence-electron chi connectivity index (χ3n) is 7.49. The number of ketones is 1. The van der Waals surface area contributed by atoms with Gasteiger partial charge < -0.3 is 15.8 Å². The van der Waals surface area contributed by atoms with Crippen molar-refractivity contribution in [2.24, 2.45) is 0 Å². The minimum atomic E-state index is -1.09. The maximum Gasteiger partial charge on any atom is 0.323 e. The monoisotopic (exact) mass is 589 g/mol. The molecule has 3 aromatic carbocycles. The number of benzene rings is 3. The third-order valence-corrected chi connectivity index (χ3v) is 7.49. The van der Waals surface area contributed by atoms with Gasteiger partial charge in [0, 0.05) is 18.2 Å². The molecule has 0 aliphatic heterocycles. The SMILES string of the molecule is Nc1c(C(=O)c2ccc(F)cc2)ccc(=O)n1-c1c(F)cc(CN[C@@H](Cc2ccccc2)C(=O)OC2CCCC2)cc1F. The van der Waals surface area contributed by atoms with Gasteiger partial charge in [-0.2, -0.15) is 0 Å². The summed E-state index contributed by atoms with van der Waals surface area (Å²) in [5.41, 5.74) is 5.47. The summed E-state index contributed by atoms with van der Waals surface area (Å²) in [6, 6.07) is 17.4. The first kappa shape index (κ1) is 29.8. The molecule has 1 aromatic heterocycles. The quantitative estimate of drug-likeness (QED) is 0.193. The van der Waals surface area contributed by atoms with E-state index in [1.807, 2.05) is 30.3 Å². The van der Waals surface area contributed by atoms with Gasteiger partial charge in [0.15, 0.2) is 17.4 Å². The zero-order chi connectivity index (χ0) is 30.5. The second-order valence-electron chi connectivity index (χ2n) is 10.5. The number of nitrogens with one attached hydrogen (secondary N) is 1. The Morgan fingerprint density at radius 3 is 2.21 bits per heavy atom. The number of carbonyl (C=O) groups excluding carboxylic acids is 2. The first-order valence-electron chi connectivity index (χ1n) is 14.0. The minimum absolute atomic E-state index is 0.0706. The van der Waals surface area contributed by atoms with Crippen molar-refractivity contribution in [1.82, 2.24) is 9.88 Å². The number of hydrogen-bond donors (Lipinski definition) is 2. The molecule has 0 bridgehead atoms. The summed E-state index contributed by atoms with van der Waals surface area (Å²) in [5.74, 6) is -4.29. The fraction of sp³-hybridized carbons (Fsp3) is 0.242. The van der Waals surface area contributed by atoms with E-state index in [-0.39, 0.29) is 29.3 Å². The summed E-state index contributed by atoms with van der Waals surface area (Å²) in [6.45, 7) is -0.0706. The minimum Gasteiger partial charge on any atom is -0.461 e. The van der Waals surface area contributed by atoms with Crippen LogP contribution < -0.4 is 16.6 Å². The number of carbonyl (C=O) groups is 2. The van der Waals surface area contributed by atoms with Gasteiger partial charge in [0.1, 0.15) is 29.5 Å². The molecule has 5 rings (SSSR count). The molecular formula is C33H30F3N3O4. The maximum atomic E-state index is 15.5. The van der Waals surface area contributed by atoms with Crippen molar-refractivity contribution in [3.63, 3.8) is 0 Å². The van der Waals surface area contributed by atoms with E-state index < -0.39 is 52.3 Å². The van der Waals surface area contributed by atoms with E-state index in [4.69, 9.17) is 10.5 Å².